The summed E-state index contributed by atoms with van der Waals surface area (Å²) >= 11 is 5.71. The van der Waals surface area contributed by atoms with E-state index < -0.39 is 11.9 Å². The topological polar surface area (TPSA) is 43.4 Å². The van der Waals surface area contributed by atoms with Crippen LogP contribution in [-0.2, 0) is 20.7 Å². The third-order valence-corrected chi connectivity index (χ3v) is 2.33. The molecule has 0 amide bonds. The van der Waals surface area contributed by atoms with E-state index in [2.05, 4.69) is 4.74 Å². The number of rotatable bonds is 5. The lowest BCUT2D eigenvalue weighted by molar-refractivity contribution is -0.156. The highest BCUT2D eigenvalue weighted by molar-refractivity contribution is 6.30. The summed E-state index contributed by atoms with van der Waals surface area (Å²) in [5.41, 5.74) is 0.766. The van der Waals surface area contributed by atoms with E-state index >= 15 is 0 Å². The Labute approximate surface area is 106 Å². The quantitative estimate of drug-likeness (QED) is 0.599. The molecule has 17 heavy (non-hydrogen) atoms. The fourth-order valence-corrected chi connectivity index (χ4v) is 1.35. The minimum absolute atomic E-state index is 0.0723. The summed E-state index contributed by atoms with van der Waals surface area (Å²) in [7, 11) is 0. The van der Waals surface area contributed by atoms with Crippen LogP contribution in [0.5, 0.6) is 0 Å². The van der Waals surface area contributed by atoms with E-state index in [1.165, 1.54) is 6.42 Å². The molecule has 91 valence electrons. The van der Waals surface area contributed by atoms with Gasteiger partial charge in [0.15, 0.2) is 0 Å². The second-order valence-electron chi connectivity index (χ2n) is 3.59. The minimum atomic E-state index is -0.578. The molecule has 0 saturated heterocycles. The number of carbonyl (C=O) groups excluding carboxylic acids is 2. The summed E-state index contributed by atoms with van der Waals surface area (Å²) in [5.74, 6) is -1.13. The zero-order valence-electron chi connectivity index (χ0n) is 9.61. The molecule has 1 radical (unpaired) electrons. The Bertz CT molecular complexity index is 384. The van der Waals surface area contributed by atoms with Crippen molar-refractivity contribution in [2.45, 2.75) is 26.2 Å². The number of hydrogen-bond donors (Lipinski definition) is 0. The van der Waals surface area contributed by atoms with Crippen LogP contribution in [0.15, 0.2) is 24.3 Å². The third-order valence-electron chi connectivity index (χ3n) is 2.08. The van der Waals surface area contributed by atoms with Gasteiger partial charge in [0.1, 0.15) is 0 Å². The summed E-state index contributed by atoms with van der Waals surface area (Å²) in [6.45, 7) is 1.94. The fraction of sp³-hybridized carbons (Fsp3) is 0.308. The maximum Gasteiger partial charge on any atom is 0.317 e. The van der Waals surface area contributed by atoms with Crippen LogP contribution in [-0.4, -0.2) is 11.9 Å². The van der Waals surface area contributed by atoms with E-state index in [0.29, 0.717) is 11.4 Å². The van der Waals surface area contributed by atoms with E-state index in [1.54, 1.807) is 24.3 Å². The van der Waals surface area contributed by atoms with Gasteiger partial charge in [-0.1, -0.05) is 37.1 Å². The molecule has 0 aliphatic rings. The van der Waals surface area contributed by atoms with Crippen molar-refractivity contribution in [3.8, 4) is 0 Å². The Morgan fingerprint density at radius 3 is 2.53 bits per heavy atom. The number of esters is 2. The molecular formula is C13H14ClO3. The molecule has 1 aromatic rings. The van der Waals surface area contributed by atoms with Crippen molar-refractivity contribution in [2.75, 3.05) is 0 Å². The molecule has 0 aliphatic carbocycles. The smallest absolute Gasteiger partial charge is 0.317 e. The van der Waals surface area contributed by atoms with Crippen LogP contribution in [0.25, 0.3) is 0 Å². The van der Waals surface area contributed by atoms with Gasteiger partial charge >= 0.3 is 11.9 Å². The molecule has 0 bridgehead atoms. The first-order chi connectivity index (χ1) is 8.11. The predicted molar refractivity (Wildman–Crippen MR) is 65.5 cm³/mol. The minimum Gasteiger partial charge on any atom is -0.393 e. The van der Waals surface area contributed by atoms with Crippen LogP contribution in [0.1, 0.15) is 25.3 Å². The van der Waals surface area contributed by atoms with Crippen molar-refractivity contribution in [1.29, 1.82) is 0 Å². The van der Waals surface area contributed by atoms with Gasteiger partial charge in [-0.3, -0.25) is 9.59 Å². The summed E-state index contributed by atoms with van der Waals surface area (Å²) < 4.78 is 4.62. The molecule has 1 aromatic carbocycles. The van der Waals surface area contributed by atoms with Crippen LogP contribution >= 0.6 is 11.6 Å². The van der Waals surface area contributed by atoms with E-state index in [-0.39, 0.29) is 6.42 Å². The van der Waals surface area contributed by atoms with Gasteiger partial charge < -0.3 is 4.74 Å². The summed E-state index contributed by atoms with van der Waals surface area (Å²) in [6, 6.07) is 6.83. The first-order valence-corrected chi connectivity index (χ1v) is 5.82. The van der Waals surface area contributed by atoms with Crippen molar-refractivity contribution in [3.05, 3.63) is 41.3 Å². The zero-order chi connectivity index (χ0) is 12.7. The number of ether oxygens (including phenoxy) is 1. The van der Waals surface area contributed by atoms with Crippen LogP contribution in [0.2, 0.25) is 5.02 Å². The normalized spacial score (nSPS) is 10.0. The lowest BCUT2D eigenvalue weighted by Gasteiger charge is -2.02. The largest absolute Gasteiger partial charge is 0.393 e. The van der Waals surface area contributed by atoms with Gasteiger partial charge in [-0.25, -0.2) is 0 Å². The molecule has 0 N–H and O–H groups in total. The Morgan fingerprint density at radius 2 is 1.94 bits per heavy atom. The number of unbranched alkanes of at least 4 members (excludes halogenated alkanes) is 1. The first kappa shape index (κ1) is 13.7. The lowest BCUT2D eigenvalue weighted by atomic mass is 10.1. The molecule has 1 rings (SSSR count). The molecule has 4 heteroatoms. The number of benzene rings is 1. The molecule has 0 heterocycles. The van der Waals surface area contributed by atoms with Gasteiger partial charge in [-0.15, -0.1) is 0 Å². The Morgan fingerprint density at radius 1 is 1.29 bits per heavy atom. The molecule has 0 aliphatic heterocycles. The van der Waals surface area contributed by atoms with Gasteiger partial charge in [-0.05, 0) is 24.1 Å². The average Bonchev–Trinajstić information content (AvgIpc) is 2.29. The summed E-state index contributed by atoms with van der Waals surface area (Å²) in [6.07, 6.45) is 2.91. The van der Waals surface area contributed by atoms with Gasteiger partial charge in [0.25, 0.3) is 0 Å². The van der Waals surface area contributed by atoms with Crippen LogP contribution < -0.4 is 0 Å². The predicted octanol–water partition coefficient (Wildman–Crippen LogP) is 2.96. The van der Waals surface area contributed by atoms with Crippen molar-refractivity contribution in [2.24, 2.45) is 0 Å². The van der Waals surface area contributed by atoms with Gasteiger partial charge in [0.2, 0.25) is 0 Å². The lowest BCUT2D eigenvalue weighted by Crippen LogP contribution is -2.14. The maximum absolute atomic E-state index is 11.4. The van der Waals surface area contributed by atoms with E-state index in [4.69, 9.17) is 11.6 Å². The van der Waals surface area contributed by atoms with Gasteiger partial charge in [0.05, 0.1) is 12.8 Å². The van der Waals surface area contributed by atoms with Crippen molar-refractivity contribution in [3.63, 3.8) is 0 Å². The summed E-state index contributed by atoms with van der Waals surface area (Å²) in [4.78, 5) is 22.5. The van der Waals surface area contributed by atoms with Crippen LogP contribution in [0, 0.1) is 6.42 Å². The number of hydrogen-bond acceptors (Lipinski definition) is 3. The molecule has 0 aromatic heterocycles. The molecule has 0 saturated carbocycles. The molecule has 0 atom stereocenters. The molecule has 0 fully saturated rings. The maximum atomic E-state index is 11.4. The monoisotopic (exact) mass is 253 g/mol. The second kappa shape index (κ2) is 7.07. The fourth-order valence-electron chi connectivity index (χ4n) is 1.22. The highest BCUT2D eigenvalue weighted by atomic mass is 35.5. The van der Waals surface area contributed by atoms with Gasteiger partial charge in [-0.2, -0.15) is 0 Å². The average molecular weight is 254 g/mol. The molecular weight excluding hydrogens is 240 g/mol. The summed E-state index contributed by atoms with van der Waals surface area (Å²) in [5, 5.41) is 0.606. The Hall–Kier alpha value is -1.35. The second-order valence-corrected chi connectivity index (χ2v) is 4.03. The van der Waals surface area contributed by atoms with Crippen molar-refractivity contribution < 1.29 is 14.3 Å². The van der Waals surface area contributed by atoms with Gasteiger partial charge in [0, 0.05) is 5.02 Å². The van der Waals surface area contributed by atoms with E-state index in [1.807, 2.05) is 6.92 Å². The van der Waals surface area contributed by atoms with E-state index in [9.17, 15) is 9.59 Å². The number of halogens is 1. The molecule has 0 unspecified atom stereocenters. The number of carbonyl (C=O) groups is 2. The first-order valence-electron chi connectivity index (χ1n) is 5.44. The zero-order valence-corrected chi connectivity index (χ0v) is 10.4. The standard InChI is InChI=1S/C13H14ClO3/c1-2-3-4-12(15)17-13(16)9-10-5-7-11(14)8-6-10/h4-8H,2-3,9H2,1H3. The van der Waals surface area contributed by atoms with Crippen LogP contribution in [0.4, 0.5) is 0 Å². The highest BCUT2D eigenvalue weighted by Crippen LogP contribution is 2.10. The third kappa shape index (κ3) is 5.50. The van der Waals surface area contributed by atoms with Crippen molar-refractivity contribution in [1.82, 2.24) is 0 Å². The highest BCUT2D eigenvalue weighted by Gasteiger charge is 2.10. The molecule has 3 nitrogen and oxygen atoms in total. The van der Waals surface area contributed by atoms with Crippen LogP contribution in [0.3, 0.4) is 0 Å². The molecule has 0 spiro atoms. The van der Waals surface area contributed by atoms with Crippen molar-refractivity contribution >= 4 is 23.5 Å². The van der Waals surface area contributed by atoms with E-state index in [0.717, 1.165) is 12.0 Å². The SMILES string of the molecule is CCC[CH]C(=O)OC(=O)Cc1ccc(Cl)cc1. The Kier molecular flexibility index (Phi) is 5.70. The Balaban J connectivity index is 2.39.